The first-order valence-corrected chi connectivity index (χ1v) is 7.32. The Morgan fingerprint density at radius 3 is 2.75 bits per heavy atom. The smallest absolute Gasteiger partial charge is 0.223 e. The van der Waals surface area contributed by atoms with Gasteiger partial charge in [0.25, 0.3) is 0 Å². The van der Waals surface area contributed by atoms with E-state index in [0.29, 0.717) is 18.9 Å². The third-order valence-corrected chi connectivity index (χ3v) is 3.63. The highest BCUT2D eigenvalue weighted by molar-refractivity contribution is 5.79. The molecule has 0 unspecified atom stereocenters. The van der Waals surface area contributed by atoms with Gasteiger partial charge < -0.3 is 14.8 Å². The molecule has 0 heterocycles. The number of ether oxygens (including phenoxy) is 2. The molecule has 0 radical (unpaired) electrons. The van der Waals surface area contributed by atoms with Crippen LogP contribution in [0.15, 0.2) is 18.2 Å². The van der Waals surface area contributed by atoms with Crippen molar-refractivity contribution in [2.75, 3.05) is 13.7 Å². The third-order valence-electron chi connectivity index (χ3n) is 3.63. The lowest BCUT2D eigenvalue weighted by molar-refractivity contribution is -0.127. The van der Waals surface area contributed by atoms with Crippen molar-refractivity contribution < 1.29 is 14.3 Å². The Balaban J connectivity index is 1.92. The Bertz CT molecular complexity index is 455. The first-order chi connectivity index (χ1) is 9.74. The van der Waals surface area contributed by atoms with Crippen molar-refractivity contribution in [1.29, 1.82) is 0 Å². The standard InChI is InChI=1S/C16H23NO3/c1-3-9-20-14-8-7-12(10-15(14)19-2)11-17-16(18)13-5-4-6-13/h7-8,10,13H,3-6,9,11H2,1-2H3,(H,17,18). The minimum atomic E-state index is 0.168. The number of benzene rings is 1. The van der Waals surface area contributed by atoms with Gasteiger partial charge in [-0.1, -0.05) is 19.4 Å². The van der Waals surface area contributed by atoms with Crippen LogP contribution in [0.5, 0.6) is 11.5 Å². The molecule has 1 fully saturated rings. The van der Waals surface area contributed by atoms with E-state index < -0.39 is 0 Å². The molecule has 1 N–H and O–H groups in total. The van der Waals surface area contributed by atoms with E-state index in [1.807, 2.05) is 18.2 Å². The van der Waals surface area contributed by atoms with Crippen LogP contribution in [0.1, 0.15) is 38.2 Å². The molecule has 1 aromatic carbocycles. The lowest BCUT2D eigenvalue weighted by atomic mass is 9.85. The molecule has 1 aliphatic carbocycles. The van der Waals surface area contributed by atoms with Crippen molar-refractivity contribution in [2.45, 2.75) is 39.2 Å². The van der Waals surface area contributed by atoms with E-state index in [2.05, 4.69) is 12.2 Å². The summed E-state index contributed by atoms with van der Waals surface area (Å²) in [5.41, 5.74) is 1.03. The maximum absolute atomic E-state index is 11.8. The zero-order chi connectivity index (χ0) is 14.4. The van der Waals surface area contributed by atoms with Crippen molar-refractivity contribution in [3.63, 3.8) is 0 Å². The fourth-order valence-corrected chi connectivity index (χ4v) is 2.16. The highest BCUT2D eigenvalue weighted by atomic mass is 16.5. The van der Waals surface area contributed by atoms with Gasteiger partial charge in [-0.3, -0.25) is 4.79 Å². The molecule has 0 bridgehead atoms. The molecule has 0 aromatic heterocycles. The largest absolute Gasteiger partial charge is 0.493 e. The highest BCUT2D eigenvalue weighted by Gasteiger charge is 2.24. The Kier molecular flexibility index (Phi) is 5.27. The summed E-state index contributed by atoms with van der Waals surface area (Å²) in [6, 6.07) is 5.79. The molecule has 0 saturated heterocycles. The molecule has 20 heavy (non-hydrogen) atoms. The SMILES string of the molecule is CCCOc1ccc(CNC(=O)C2CCC2)cc1OC. The average molecular weight is 277 g/mol. The van der Waals surface area contributed by atoms with Gasteiger partial charge in [-0.2, -0.15) is 0 Å². The minimum absolute atomic E-state index is 0.168. The highest BCUT2D eigenvalue weighted by Crippen LogP contribution is 2.29. The number of hydrogen-bond acceptors (Lipinski definition) is 3. The molecule has 4 heteroatoms. The van der Waals surface area contributed by atoms with E-state index in [1.165, 1.54) is 6.42 Å². The second-order valence-corrected chi connectivity index (χ2v) is 5.18. The number of nitrogens with one attached hydrogen (secondary N) is 1. The van der Waals surface area contributed by atoms with Crippen molar-refractivity contribution in [3.8, 4) is 11.5 Å². The zero-order valence-corrected chi connectivity index (χ0v) is 12.3. The molecule has 1 saturated carbocycles. The Hall–Kier alpha value is -1.71. The number of carbonyl (C=O) groups is 1. The summed E-state index contributed by atoms with van der Waals surface area (Å²) in [4.78, 5) is 11.8. The van der Waals surface area contributed by atoms with Crippen molar-refractivity contribution in [2.24, 2.45) is 5.92 Å². The fourth-order valence-electron chi connectivity index (χ4n) is 2.16. The zero-order valence-electron chi connectivity index (χ0n) is 12.3. The van der Waals surface area contributed by atoms with Gasteiger partial charge in [-0.05, 0) is 37.0 Å². The molecule has 1 aliphatic rings. The molecular formula is C16H23NO3. The van der Waals surface area contributed by atoms with Crippen LogP contribution in [0.2, 0.25) is 0 Å². The Morgan fingerprint density at radius 2 is 2.15 bits per heavy atom. The van der Waals surface area contributed by atoms with Crippen LogP contribution >= 0.6 is 0 Å². The summed E-state index contributed by atoms with van der Waals surface area (Å²) < 4.78 is 10.9. The van der Waals surface area contributed by atoms with Crippen LogP contribution in [0.25, 0.3) is 0 Å². The normalized spacial score (nSPS) is 14.5. The Labute approximate surface area is 120 Å². The quantitative estimate of drug-likeness (QED) is 0.833. The number of hydrogen-bond donors (Lipinski definition) is 1. The average Bonchev–Trinajstić information content (AvgIpc) is 2.41. The van der Waals surface area contributed by atoms with Crippen LogP contribution in [0, 0.1) is 5.92 Å². The molecule has 0 aliphatic heterocycles. The van der Waals surface area contributed by atoms with Crippen molar-refractivity contribution in [1.82, 2.24) is 5.32 Å². The van der Waals surface area contributed by atoms with Gasteiger partial charge in [-0.25, -0.2) is 0 Å². The second kappa shape index (κ2) is 7.17. The van der Waals surface area contributed by atoms with E-state index in [9.17, 15) is 4.79 Å². The van der Waals surface area contributed by atoms with Crippen LogP contribution in [0.4, 0.5) is 0 Å². The van der Waals surface area contributed by atoms with Gasteiger partial charge >= 0.3 is 0 Å². The fraction of sp³-hybridized carbons (Fsp3) is 0.562. The minimum Gasteiger partial charge on any atom is -0.493 e. The lowest BCUT2D eigenvalue weighted by Crippen LogP contribution is -2.33. The molecule has 2 rings (SSSR count). The first kappa shape index (κ1) is 14.7. The van der Waals surface area contributed by atoms with Gasteiger partial charge in [0.1, 0.15) is 0 Å². The summed E-state index contributed by atoms with van der Waals surface area (Å²) in [5.74, 6) is 1.86. The monoisotopic (exact) mass is 277 g/mol. The number of rotatable bonds is 7. The summed E-state index contributed by atoms with van der Waals surface area (Å²) in [7, 11) is 1.63. The van der Waals surface area contributed by atoms with Crippen LogP contribution in [-0.2, 0) is 11.3 Å². The van der Waals surface area contributed by atoms with Gasteiger partial charge in [0.15, 0.2) is 11.5 Å². The van der Waals surface area contributed by atoms with E-state index in [-0.39, 0.29) is 11.8 Å². The van der Waals surface area contributed by atoms with Gasteiger partial charge in [0.05, 0.1) is 13.7 Å². The predicted molar refractivity (Wildman–Crippen MR) is 78.0 cm³/mol. The summed E-state index contributed by atoms with van der Waals surface area (Å²) in [5, 5.41) is 2.98. The lowest BCUT2D eigenvalue weighted by Gasteiger charge is -2.24. The van der Waals surface area contributed by atoms with Crippen molar-refractivity contribution >= 4 is 5.91 Å². The van der Waals surface area contributed by atoms with Crippen LogP contribution in [-0.4, -0.2) is 19.6 Å². The van der Waals surface area contributed by atoms with E-state index >= 15 is 0 Å². The predicted octanol–water partition coefficient (Wildman–Crippen LogP) is 2.90. The molecule has 0 atom stereocenters. The molecule has 110 valence electrons. The number of methoxy groups -OCH3 is 1. The molecule has 4 nitrogen and oxygen atoms in total. The van der Waals surface area contributed by atoms with Gasteiger partial charge in [0.2, 0.25) is 5.91 Å². The topological polar surface area (TPSA) is 47.6 Å². The number of amides is 1. The van der Waals surface area contributed by atoms with Crippen molar-refractivity contribution in [3.05, 3.63) is 23.8 Å². The summed E-state index contributed by atoms with van der Waals surface area (Å²) >= 11 is 0. The summed E-state index contributed by atoms with van der Waals surface area (Å²) in [6.45, 7) is 3.28. The second-order valence-electron chi connectivity index (χ2n) is 5.18. The van der Waals surface area contributed by atoms with E-state index in [1.54, 1.807) is 7.11 Å². The van der Waals surface area contributed by atoms with Crippen LogP contribution < -0.4 is 14.8 Å². The van der Waals surface area contributed by atoms with E-state index in [4.69, 9.17) is 9.47 Å². The first-order valence-electron chi connectivity index (χ1n) is 7.32. The van der Waals surface area contributed by atoms with Gasteiger partial charge in [-0.15, -0.1) is 0 Å². The van der Waals surface area contributed by atoms with Gasteiger partial charge in [0, 0.05) is 12.5 Å². The maximum Gasteiger partial charge on any atom is 0.223 e. The third kappa shape index (κ3) is 3.65. The van der Waals surface area contributed by atoms with E-state index in [0.717, 1.165) is 30.6 Å². The molecule has 1 aromatic rings. The molecule has 1 amide bonds. The molecular weight excluding hydrogens is 254 g/mol. The van der Waals surface area contributed by atoms with Crippen LogP contribution in [0.3, 0.4) is 0 Å². The summed E-state index contributed by atoms with van der Waals surface area (Å²) in [6.07, 6.45) is 4.19. The maximum atomic E-state index is 11.8. The number of carbonyl (C=O) groups excluding carboxylic acids is 1. The molecule has 0 spiro atoms. The Morgan fingerprint density at radius 1 is 1.35 bits per heavy atom.